The number of amides is 1. The second kappa shape index (κ2) is 12.7. The van der Waals surface area contributed by atoms with Crippen LogP contribution in [0, 0.1) is 0 Å². The van der Waals surface area contributed by atoms with Crippen LogP contribution in [-0.2, 0) is 24.8 Å². The van der Waals surface area contributed by atoms with Gasteiger partial charge in [0, 0.05) is 24.3 Å². The quantitative estimate of drug-likeness (QED) is 0.440. The summed E-state index contributed by atoms with van der Waals surface area (Å²) in [4.78, 5) is 13.0. The molecule has 10 heteroatoms. The number of hydrogen-bond donors (Lipinski definition) is 1. The summed E-state index contributed by atoms with van der Waals surface area (Å²) in [6.45, 7) is 1.92. The predicted octanol–water partition coefficient (Wildman–Crippen LogP) is 4.99. The van der Waals surface area contributed by atoms with Crippen molar-refractivity contribution in [1.29, 1.82) is 0 Å². The molecule has 0 saturated heterocycles. The van der Waals surface area contributed by atoms with Crippen LogP contribution in [0.4, 0.5) is 5.69 Å². The highest BCUT2D eigenvalue weighted by Crippen LogP contribution is 2.30. The standard InChI is InChI=1S/C28H39N3O5S2/c1-2-30(24-14-8-4-9-15-24)37(33,34)26-18-20-27(21-19-26)38(35,36)31(25-16-10-5-11-17-25)22-28(32)29-23-12-6-3-7-13-23/h3,6-7,12-13,18-21,24-25H,2,4-5,8-11,14-17,22H2,1H3,(H,29,32). The zero-order chi connectivity index (χ0) is 27.2. The Balaban J connectivity index is 1.57. The molecule has 1 amide bonds. The molecule has 2 aromatic carbocycles. The average Bonchev–Trinajstić information content (AvgIpc) is 2.93. The van der Waals surface area contributed by atoms with Crippen molar-refractivity contribution in [2.24, 2.45) is 0 Å². The molecule has 0 aliphatic heterocycles. The minimum Gasteiger partial charge on any atom is -0.325 e. The maximum Gasteiger partial charge on any atom is 0.243 e. The van der Waals surface area contributed by atoms with E-state index < -0.39 is 26.0 Å². The number of anilines is 1. The molecule has 1 N–H and O–H groups in total. The first-order valence-electron chi connectivity index (χ1n) is 13.7. The molecule has 0 unspecified atom stereocenters. The third-order valence-corrected chi connectivity index (χ3v) is 11.6. The summed E-state index contributed by atoms with van der Waals surface area (Å²) in [5.74, 6) is -0.407. The van der Waals surface area contributed by atoms with E-state index in [1.165, 1.54) is 28.6 Å². The van der Waals surface area contributed by atoms with Crippen molar-refractivity contribution in [3.05, 3.63) is 54.6 Å². The van der Waals surface area contributed by atoms with Crippen molar-refractivity contribution < 1.29 is 21.6 Å². The topological polar surface area (TPSA) is 104 Å². The molecule has 0 bridgehead atoms. The van der Waals surface area contributed by atoms with Crippen molar-refractivity contribution in [3.63, 3.8) is 0 Å². The van der Waals surface area contributed by atoms with Gasteiger partial charge in [0.2, 0.25) is 26.0 Å². The number of carbonyl (C=O) groups is 1. The van der Waals surface area contributed by atoms with E-state index in [4.69, 9.17) is 0 Å². The minimum absolute atomic E-state index is 0.00440. The van der Waals surface area contributed by atoms with Crippen molar-refractivity contribution in [3.8, 4) is 0 Å². The molecule has 2 aromatic rings. The van der Waals surface area contributed by atoms with Crippen molar-refractivity contribution in [2.75, 3.05) is 18.4 Å². The van der Waals surface area contributed by atoms with Gasteiger partial charge in [-0.05, 0) is 62.1 Å². The molecule has 0 heterocycles. The Morgan fingerprint density at radius 3 is 1.63 bits per heavy atom. The van der Waals surface area contributed by atoms with E-state index in [0.29, 0.717) is 25.1 Å². The summed E-state index contributed by atoms with van der Waals surface area (Å²) in [5, 5.41) is 2.78. The summed E-state index contributed by atoms with van der Waals surface area (Å²) in [6, 6.07) is 14.1. The van der Waals surface area contributed by atoms with Crippen LogP contribution in [0.15, 0.2) is 64.4 Å². The lowest BCUT2D eigenvalue weighted by molar-refractivity contribution is -0.116. The normalized spacial score (nSPS) is 18.1. The van der Waals surface area contributed by atoms with E-state index in [1.54, 1.807) is 28.6 Å². The fraction of sp³-hybridized carbons (Fsp3) is 0.536. The summed E-state index contributed by atoms with van der Waals surface area (Å²) in [5.41, 5.74) is 0.603. The highest BCUT2D eigenvalue weighted by atomic mass is 32.2. The molecule has 2 fully saturated rings. The predicted molar refractivity (Wildman–Crippen MR) is 149 cm³/mol. The van der Waals surface area contributed by atoms with E-state index >= 15 is 0 Å². The number of sulfonamides is 2. The van der Waals surface area contributed by atoms with Gasteiger partial charge in [-0.2, -0.15) is 8.61 Å². The van der Waals surface area contributed by atoms with Crippen LogP contribution < -0.4 is 5.32 Å². The van der Waals surface area contributed by atoms with Gasteiger partial charge in [0.1, 0.15) is 0 Å². The molecule has 38 heavy (non-hydrogen) atoms. The minimum atomic E-state index is -4.03. The molecule has 2 aliphatic rings. The van der Waals surface area contributed by atoms with E-state index in [9.17, 15) is 21.6 Å². The van der Waals surface area contributed by atoms with Gasteiger partial charge in [-0.1, -0.05) is 63.6 Å². The summed E-state index contributed by atoms with van der Waals surface area (Å²) < 4.78 is 57.3. The molecule has 2 aliphatic carbocycles. The zero-order valence-electron chi connectivity index (χ0n) is 22.1. The average molecular weight is 562 g/mol. The third-order valence-electron chi connectivity index (χ3n) is 7.67. The van der Waals surface area contributed by atoms with Crippen LogP contribution in [0.5, 0.6) is 0 Å². The number of benzene rings is 2. The van der Waals surface area contributed by atoms with Gasteiger partial charge in [-0.15, -0.1) is 0 Å². The molecular weight excluding hydrogens is 522 g/mol. The van der Waals surface area contributed by atoms with Gasteiger partial charge in [0.25, 0.3) is 0 Å². The molecule has 2 saturated carbocycles. The van der Waals surface area contributed by atoms with Crippen molar-refractivity contribution in [2.45, 2.75) is 93.0 Å². The SMILES string of the molecule is CCN(C1CCCCC1)S(=O)(=O)c1ccc(S(=O)(=O)N(CC(=O)Nc2ccccc2)C2CCCCC2)cc1. The van der Waals surface area contributed by atoms with E-state index in [2.05, 4.69) is 5.32 Å². The number of rotatable bonds is 10. The Morgan fingerprint density at radius 1 is 0.711 bits per heavy atom. The maximum absolute atomic E-state index is 13.8. The Bertz CT molecular complexity index is 1270. The molecular formula is C28H39N3O5S2. The smallest absolute Gasteiger partial charge is 0.243 e. The fourth-order valence-corrected chi connectivity index (χ4v) is 9.03. The van der Waals surface area contributed by atoms with Crippen LogP contribution in [0.3, 0.4) is 0 Å². The van der Waals surface area contributed by atoms with Crippen LogP contribution in [-0.4, -0.2) is 56.5 Å². The first-order chi connectivity index (χ1) is 18.2. The van der Waals surface area contributed by atoms with Crippen molar-refractivity contribution in [1.82, 2.24) is 8.61 Å². The molecule has 8 nitrogen and oxygen atoms in total. The number of carbonyl (C=O) groups excluding carboxylic acids is 1. The van der Waals surface area contributed by atoms with Crippen LogP contribution in [0.1, 0.15) is 71.1 Å². The first-order valence-corrected chi connectivity index (χ1v) is 16.6. The van der Waals surface area contributed by atoms with Gasteiger partial charge in [-0.25, -0.2) is 16.8 Å². The van der Waals surface area contributed by atoms with Crippen molar-refractivity contribution >= 4 is 31.6 Å². The number of nitrogens with zero attached hydrogens (tertiary/aromatic N) is 2. The summed E-state index contributed by atoms with van der Waals surface area (Å²) in [7, 11) is -7.78. The van der Waals surface area contributed by atoms with Crippen LogP contribution in [0.2, 0.25) is 0 Å². The van der Waals surface area contributed by atoms with Gasteiger partial charge >= 0.3 is 0 Å². The van der Waals surface area contributed by atoms with E-state index in [1.807, 2.05) is 13.0 Å². The van der Waals surface area contributed by atoms with Gasteiger partial charge in [0.05, 0.1) is 16.3 Å². The van der Waals surface area contributed by atoms with Crippen LogP contribution in [0.25, 0.3) is 0 Å². The highest BCUT2D eigenvalue weighted by molar-refractivity contribution is 7.89. The summed E-state index contributed by atoms with van der Waals surface area (Å²) >= 11 is 0. The second-order valence-electron chi connectivity index (χ2n) is 10.2. The Kier molecular flexibility index (Phi) is 9.62. The summed E-state index contributed by atoms with van der Waals surface area (Å²) in [6.07, 6.45) is 9.09. The van der Waals surface area contributed by atoms with Gasteiger partial charge < -0.3 is 5.32 Å². The van der Waals surface area contributed by atoms with Gasteiger partial charge in [-0.3, -0.25) is 4.79 Å². The van der Waals surface area contributed by atoms with Gasteiger partial charge in [0.15, 0.2) is 0 Å². The molecule has 0 aromatic heterocycles. The van der Waals surface area contributed by atoms with E-state index in [0.717, 1.165) is 51.4 Å². The maximum atomic E-state index is 13.8. The first kappa shape index (κ1) is 28.7. The highest BCUT2D eigenvalue weighted by Gasteiger charge is 2.35. The Morgan fingerprint density at radius 2 is 1.16 bits per heavy atom. The largest absolute Gasteiger partial charge is 0.325 e. The lowest BCUT2D eigenvalue weighted by atomic mass is 9.95. The Labute approximate surface area is 227 Å². The monoisotopic (exact) mass is 561 g/mol. The lowest BCUT2D eigenvalue weighted by Crippen LogP contribution is -2.45. The molecule has 0 radical (unpaired) electrons. The number of para-hydroxylation sites is 1. The lowest BCUT2D eigenvalue weighted by Gasteiger charge is -2.33. The Hall–Kier alpha value is -2.27. The second-order valence-corrected chi connectivity index (χ2v) is 14.0. The zero-order valence-corrected chi connectivity index (χ0v) is 23.7. The molecule has 0 spiro atoms. The number of nitrogens with one attached hydrogen (secondary N) is 1. The molecule has 0 atom stereocenters. The fourth-order valence-electron chi connectivity index (χ4n) is 5.69. The van der Waals surface area contributed by atoms with E-state index in [-0.39, 0.29) is 28.4 Å². The molecule has 208 valence electrons. The van der Waals surface area contributed by atoms with Crippen LogP contribution >= 0.6 is 0 Å². The number of hydrogen-bond acceptors (Lipinski definition) is 5. The third kappa shape index (κ3) is 6.65. The molecule has 4 rings (SSSR count).